The summed E-state index contributed by atoms with van der Waals surface area (Å²) in [6.07, 6.45) is 4.07. The average Bonchev–Trinajstić information content (AvgIpc) is 3.09. The molecule has 6 heteroatoms. The van der Waals surface area contributed by atoms with Crippen LogP contribution in [-0.4, -0.2) is 33.7 Å². The van der Waals surface area contributed by atoms with E-state index in [9.17, 15) is 9.90 Å². The predicted octanol–water partition coefficient (Wildman–Crippen LogP) is 2.67. The van der Waals surface area contributed by atoms with Crippen molar-refractivity contribution in [2.24, 2.45) is 4.99 Å². The Balaban J connectivity index is 1.99. The zero-order valence-corrected chi connectivity index (χ0v) is 12.6. The third-order valence-corrected chi connectivity index (χ3v) is 4.36. The molecule has 21 heavy (non-hydrogen) atoms. The van der Waals surface area contributed by atoms with Crippen LogP contribution in [0, 0.1) is 6.92 Å². The van der Waals surface area contributed by atoms with Crippen LogP contribution < -0.4 is 4.80 Å². The molecule has 0 unspecified atom stereocenters. The highest BCUT2D eigenvalue weighted by Crippen LogP contribution is 2.15. The van der Waals surface area contributed by atoms with Crippen molar-refractivity contribution in [3.05, 3.63) is 40.1 Å². The highest BCUT2D eigenvalue weighted by atomic mass is 32.1. The van der Waals surface area contributed by atoms with Gasteiger partial charge in [-0.2, -0.15) is 4.99 Å². The van der Waals surface area contributed by atoms with Crippen LogP contribution in [0.25, 0.3) is 5.69 Å². The van der Waals surface area contributed by atoms with E-state index in [2.05, 4.69) is 4.99 Å². The van der Waals surface area contributed by atoms with E-state index in [4.69, 9.17) is 0 Å². The van der Waals surface area contributed by atoms with Crippen molar-refractivity contribution in [2.75, 3.05) is 13.1 Å². The van der Waals surface area contributed by atoms with E-state index in [-0.39, 0.29) is 11.8 Å². The van der Waals surface area contributed by atoms with Crippen LogP contribution in [0.15, 0.2) is 35.5 Å². The van der Waals surface area contributed by atoms with E-state index in [1.165, 1.54) is 11.3 Å². The number of hydrogen-bond acceptors (Lipinski definition) is 3. The second-order valence-electron chi connectivity index (χ2n) is 5.10. The van der Waals surface area contributed by atoms with Crippen LogP contribution in [0.5, 0.6) is 5.75 Å². The topological polar surface area (TPSA) is 57.8 Å². The van der Waals surface area contributed by atoms with Gasteiger partial charge in [-0.3, -0.25) is 4.57 Å². The largest absolute Gasteiger partial charge is 0.508 e. The Hall–Kier alpha value is -2.08. The maximum Gasteiger partial charge on any atom is 0.346 e. The van der Waals surface area contributed by atoms with Gasteiger partial charge in [0.2, 0.25) is 0 Å². The van der Waals surface area contributed by atoms with Crippen molar-refractivity contribution >= 4 is 17.4 Å². The number of amides is 2. The molecular weight excluding hydrogens is 286 g/mol. The van der Waals surface area contributed by atoms with Crippen molar-refractivity contribution < 1.29 is 9.90 Å². The number of rotatable bonds is 1. The zero-order valence-electron chi connectivity index (χ0n) is 11.8. The number of aryl methyl sites for hydroxylation is 1. The maximum absolute atomic E-state index is 12.2. The van der Waals surface area contributed by atoms with Gasteiger partial charge in [-0.05, 0) is 44.0 Å². The second kappa shape index (κ2) is 5.73. The van der Waals surface area contributed by atoms with Gasteiger partial charge in [0.05, 0.1) is 0 Å². The number of nitrogens with zero attached hydrogens (tertiary/aromatic N) is 3. The Morgan fingerprint density at radius 3 is 2.57 bits per heavy atom. The van der Waals surface area contributed by atoms with Crippen LogP contribution in [-0.2, 0) is 0 Å². The quantitative estimate of drug-likeness (QED) is 0.880. The maximum atomic E-state index is 12.2. The molecule has 1 fully saturated rings. The Kier molecular flexibility index (Phi) is 3.79. The number of aromatic nitrogens is 1. The van der Waals surface area contributed by atoms with Gasteiger partial charge in [0, 0.05) is 29.9 Å². The minimum Gasteiger partial charge on any atom is -0.508 e. The van der Waals surface area contributed by atoms with Crippen LogP contribution in [0.3, 0.4) is 0 Å². The van der Waals surface area contributed by atoms with E-state index < -0.39 is 0 Å². The lowest BCUT2D eigenvalue weighted by Gasteiger charge is -2.10. The van der Waals surface area contributed by atoms with Crippen LogP contribution in [0.2, 0.25) is 0 Å². The third-order valence-electron chi connectivity index (χ3n) is 3.47. The molecule has 0 saturated carbocycles. The first-order valence-electron chi connectivity index (χ1n) is 6.95. The van der Waals surface area contributed by atoms with Crippen LogP contribution in [0.1, 0.15) is 17.7 Å². The van der Waals surface area contributed by atoms with E-state index >= 15 is 0 Å². The molecule has 2 heterocycles. The number of benzene rings is 1. The number of hydrogen-bond donors (Lipinski definition) is 1. The Morgan fingerprint density at radius 2 is 1.90 bits per heavy atom. The standard InChI is InChI=1S/C15H17N3O2S/c1-11-10-18(12-4-6-13(19)7-5-12)15(21-11)16-14(20)17-8-2-3-9-17/h4-7,10,19H,2-3,8-9H2,1H3. The van der Waals surface area contributed by atoms with Gasteiger partial charge in [-0.1, -0.05) is 0 Å². The molecule has 1 aliphatic rings. The van der Waals surface area contributed by atoms with E-state index in [0.717, 1.165) is 36.5 Å². The molecule has 0 atom stereocenters. The Bertz CT molecular complexity index is 709. The molecule has 1 aliphatic heterocycles. The molecule has 0 aliphatic carbocycles. The first-order chi connectivity index (χ1) is 10.1. The van der Waals surface area contributed by atoms with Crippen molar-refractivity contribution in [1.29, 1.82) is 0 Å². The fourth-order valence-electron chi connectivity index (χ4n) is 2.39. The van der Waals surface area contributed by atoms with E-state index in [0.29, 0.717) is 4.80 Å². The molecule has 0 bridgehead atoms. The van der Waals surface area contributed by atoms with E-state index in [1.807, 2.05) is 17.7 Å². The zero-order chi connectivity index (χ0) is 14.8. The van der Waals surface area contributed by atoms with Gasteiger partial charge in [0.1, 0.15) is 5.75 Å². The molecule has 1 saturated heterocycles. The molecule has 0 spiro atoms. The second-order valence-corrected chi connectivity index (χ2v) is 6.31. The molecular formula is C15H17N3O2S. The summed E-state index contributed by atoms with van der Waals surface area (Å²) >= 11 is 1.49. The fraction of sp³-hybridized carbons (Fsp3) is 0.333. The number of phenols is 1. The number of urea groups is 1. The normalized spacial score (nSPS) is 15.7. The number of carbonyl (C=O) groups excluding carboxylic acids is 1. The summed E-state index contributed by atoms with van der Waals surface area (Å²) in [5.41, 5.74) is 0.880. The summed E-state index contributed by atoms with van der Waals surface area (Å²) in [5.74, 6) is 0.220. The summed E-state index contributed by atoms with van der Waals surface area (Å²) in [6, 6.07) is 6.70. The lowest BCUT2D eigenvalue weighted by atomic mass is 10.3. The molecule has 2 aromatic rings. The Morgan fingerprint density at radius 1 is 1.24 bits per heavy atom. The average molecular weight is 303 g/mol. The third kappa shape index (κ3) is 3.00. The van der Waals surface area contributed by atoms with Gasteiger partial charge < -0.3 is 10.0 Å². The summed E-state index contributed by atoms with van der Waals surface area (Å²) in [7, 11) is 0. The summed E-state index contributed by atoms with van der Waals surface area (Å²) < 4.78 is 1.88. The van der Waals surface area contributed by atoms with Gasteiger partial charge in [-0.15, -0.1) is 11.3 Å². The number of thiazole rings is 1. The SMILES string of the molecule is Cc1cn(-c2ccc(O)cc2)c(=NC(=O)N2CCCC2)s1. The fourth-order valence-corrected chi connectivity index (χ4v) is 3.22. The van der Waals surface area contributed by atoms with Crippen molar-refractivity contribution in [2.45, 2.75) is 19.8 Å². The molecule has 110 valence electrons. The van der Waals surface area contributed by atoms with Crippen molar-refractivity contribution in [3.63, 3.8) is 0 Å². The van der Waals surface area contributed by atoms with Gasteiger partial charge >= 0.3 is 6.03 Å². The van der Waals surface area contributed by atoms with Gasteiger partial charge in [0.15, 0.2) is 4.80 Å². The Labute approximate surface area is 126 Å². The molecule has 1 aromatic carbocycles. The highest BCUT2D eigenvalue weighted by molar-refractivity contribution is 7.09. The number of aromatic hydroxyl groups is 1. The highest BCUT2D eigenvalue weighted by Gasteiger charge is 2.17. The van der Waals surface area contributed by atoms with E-state index in [1.54, 1.807) is 29.2 Å². The molecule has 5 nitrogen and oxygen atoms in total. The number of carbonyl (C=O) groups is 1. The summed E-state index contributed by atoms with van der Waals surface area (Å²) in [6.45, 7) is 3.58. The smallest absolute Gasteiger partial charge is 0.346 e. The monoisotopic (exact) mass is 303 g/mol. The minimum absolute atomic E-state index is 0.165. The lowest BCUT2D eigenvalue weighted by molar-refractivity contribution is 0.218. The first kappa shape index (κ1) is 13.9. The van der Waals surface area contributed by atoms with Gasteiger partial charge in [0.25, 0.3) is 0 Å². The molecule has 1 aromatic heterocycles. The van der Waals surface area contributed by atoms with Gasteiger partial charge in [-0.25, -0.2) is 4.79 Å². The van der Waals surface area contributed by atoms with Crippen LogP contribution in [0.4, 0.5) is 4.79 Å². The summed E-state index contributed by atoms with van der Waals surface area (Å²) in [5, 5.41) is 9.38. The predicted molar refractivity (Wildman–Crippen MR) is 81.8 cm³/mol. The molecule has 3 rings (SSSR count). The molecule has 1 N–H and O–H groups in total. The molecule has 0 radical (unpaired) electrons. The van der Waals surface area contributed by atoms with Crippen molar-refractivity contribution in [1.82, 2.24) is 9.47 Å². The lowest BCUT2D eigenvalue weighted by Crippen LogP contribution is -2.27. The summed E-state index contributed by atoms with van der Waals surface area (Å²) in [4.78, 5) is 20.0. The molecule has 2 amide bonds. The van der Waals surface area contributed by atoms with Crippen LogP contribution >= 0.6 is 11.3 Å². The minimum atomic E-state index is -0.165. The number of likely N-dealkylation sites (tertiary alicyclic amines) is 1. The first-order valence-corrected chi connectivity index (χ1v) is 7.77. The number of phenolic OH excluding ortho intramolecular Hbond substituents is 1. The van der Waals surface area contributed by atoms with Crippen molar-refractivity contribution in [3.8, 4) is 11.4 Å².